The molecule has 1 aromatic carbocycles. The van der Waals surface area contributed by atoms with E-state index in [0.29, 0.717) is 17.1 Å². The van der Waals surface area contributed by atoms with Crippen LogP contribution in [0.4, 0.5) is 0 Å². The van der Waals surface area contributed by atoms with E-state index in [1.807, 2.05) is 18.7 Å². The van der Waals surface area contributed by atoms with Crippen LogP contribution in [0.1, 0.15) is 37.0 Å². The van der Waals surface area contributed by atoms with Crippen LogP contribution in [0.2, 0.25) is 0 Å². The number of ether oxygens (including phenoxy) is 2. The largest absolute Gasteiger partial charge is 0.454 e. The fraction of sp³-hybridized carbons (Fsp3) is 0.529. The van der Waals surface area contributed by atoms with Crippen LogP contribution in [0.5, 0.6) is 11.5 Å². The highest BCUT2D eigenvalue weighted by molar-refractivity contribution is 5.98. The van der Waals surface area contributed by atoms with Gasteiger partial charge in [-0.15, -0.1) is 0 Å². The van der Waals surface area contributed by atoms with Crippen molar-refractivity contribution < 1.29 is 19.1 Å². The van der Waals surface area contributed by atoms with E-state index in [2.05, 4.69) is 5.32 Å². The molecule has 0 spiro atoms. The Kier molecular flexibility index (Phi) is 4.41. The molecule has 1 N–H and O–H groups in total. The molecule has 0 bridgehead atoms. The highest BCUT2D eigenvalue weighted by Gasteiger charge is 2.30. The Morgan fingerprint density at radius 2 is 1.83 bits per heavy atom. The first-order valence-electron chi connectivity index (χ1n) is 8.05. The number of benzene rings is 1. The topological polar surface area (TPSA) is 67.9 Å². The minimum absolute atomic E-state index is 0.00610. The zero-order valence-electron chi connectivity index (χ0n) is 13.5. The van der Waals surface area contributed by atoms with Gasteiger partial charge in [0, 0.05) is 18.7 Å². The van der Waals surface area contributed by atoms with Crippen molar-refractivity contribution in [1.29, 1.82) is 0 Å². The van der Waals surface area contributed by atoms with E-state index in [4.69, 9.17) is 9.47 Å². The molecule has 124 valence electrons. The van der Waals surface area contributed by atoms with E-state index >= 15 is 0 Å². The third-order valence-corrected chi connectivity index (χ3v) is 4.27. The van der Waals surface area contributed by atoms with Gasteiger partial charge >= 0.3 is 0 Å². The standard InChI is InChI=1S/C17H22N2O4/c1-11(2)15(17(21)19-7-3-4-8-19)18-16(20)12-5-6-13-14(9-12)23-10-22-13/h5-6,9,11,15H,3-4,7-8,10H2,1-2H3,(H,18,20)/t15-/m0/s1. The first-order valence-corrected chi connectivity index (χ1v) is 8.05. The summed E-state index contributed by atoms with van der Waals surface area (Å²) >= 11 is 0. The van der Waals surface area contributed by atoms with Crippen LogP contribution in [0.25, 0.3) is 0 Å². The average Bonchev–Trinajstić information content (AvgIpc) is 3.21. The Bertz CT molecular complexity index is 609. The monoisotopic (exact) mass is 318 g/mol. The molecule has 3 rings (SSSR count). The van der Waals surface area contributed by atoms with Gasteiger partial charge in [-0.05, 0) is 37.0 Å². The van der Waals surface area contributed by atoms with Crippen LogP contribution >= 0.6 is 0 Å². The van der Waals surface area contributed by atoms with Crippen LogP contribution in [-0.2, 0) is 4.79 Å². The maximum atomic E-state index is 12.6. The van der Waals surface area contributed by atoms with E-state index in [1.165, 1.54) is 0 Å². The molecule has 23 heavy (non-hydrogen) atoms. The molecule has 0 aliphatic carbocycles. The number of fused-ring (bicyclic) bond motifs is 1. The number of hydrogen-bond donors (Lipinski definition) is 1. The molecule has 2 aliphatic rings. The number of amides is 2. The second kappa shape index (κ2) is 6.48. The van der Waals surface area contributed by atoms with E-state index < -0.39 is 6.04 Å². The maximum absolute atomic E-state index is 12.6. The minimum atomic E-state index is -0.508. The van der Waals surface area contributed by atoms with Gasteiger partial charge in [0.05, 0.1) is 0 Å². The number of carbonyl (C=O) groups is 2. The summed E-state index contributed by atoms with van der Waals surface area (Å²) in [5.74, 6) is 0.960. The molecule has 1 saturated heterocycles. The molecule has 1 fully saturated rings. The average molecular weight is 318 g/mol. The minimum Gasteiger partial charge on any atom is -0.454 e. The van der Waals surface area contributed by atoms with E-state index in [-0.39, 0.29) is 24.5 Å². The molecule has 1 atom stereocenters. The van der Waals surface area contributed by atoms with Crippen molar-refractivity contribution in [2.45, 2.75) is 32.7 Å². The highest BCUT2D eigenvalue weighted by Crippen LogP contribution is 2.32. The Hall–Kier alpha value is -2.24. The summed E-state index contributed by atoms with van der Waals surface area (Å²) in [7, 11) is 0. The van der Waals surface area contributed by atoms with Gasteiger partial charge in [-0.1, -0.05) is 13.8 Å². The van der Waals surface area contributed by atoms with Crippen LogP contribution in [0.3, 0.4) is 0 Å². The van der Waals surface area contributed by atoms with Gasteiger partial charge in [0.1, 0.15) is 6.04 Å². The maximum Gasteiger partial charge on any atom is 0.252 e. The fourth-order valence-electron chi connectivity index (χ4n) is 2.91. The number of nitrogens with one attached hydrogen (secondary N) is 1. The molecule has 1 aromatic rings. The molecule has 2 heterocycles. The SMILES string of the molecule is CC(C)[C@H](NC(=O)c1ccc2c(c1)OCO2)C(=O)N1CCCC1. The molecule has 2 amide bonds. The molecule has 6 heteroatoms. The van der Waals surface area contributed by atoms with Crippen molar-refractivity contribution in [1.82, 2.24) is 10.2 Å². The Morgan fingerprint density at radius 1 is 1.13 bits per heavy atom. The second-order valence-electron chi connectivity index (χ2n) is 6.30. The van der Waals surface area contributed by atoms with Gasteiger partial charge in [0.15, 0.2) is 11.5 Å². The lowest BCUT2D eigenvalue weighted by molar-refractivity contribution is -0.133. The van der Waals surface area contributed by atoms with Gasteiger partial charge in [0.2, 0.25) is 12.7 Å². The molecule has 0 unspecified atom stereocenters. The quantitative estimate of drug-likeness (QED) is 0.919. The predicted octanol–water partition coefficient (Wildman–Crippen LogP) is 1.79. The Balaban J connectivity index is 1.72. The van der Waals surface area contributed by atoms with E-state index in [9.17, 15) is 9.59 Å². The van der Waals surface area contributed by atoms with E-state index in [1.54, 1.807) is 18.2 Å². The third kappa shape index (κ3) is 3.25. The summed E-state index contributed by atoms with van der Waals surface area (Å²) in [5.41, 5.74) is 0.467. The van der Waals surface area contributed by atoms with Crippen LogP contribution < -0.4 is 14.8 Å². The molecule has 6 nitrogen and oxygen atoms in total. The number of carbonyl (C=O) groups excluding carboxylic acids is 2. The lowest BCUT2D eigenvalue weighted by Crippen LogP contribution is -2.50. The Labute approximate surface area is 135 Å². The van der Waals surface area contributed by atoms with E-state index in [0.717, 1.165) is 25.9 Å². The Morgan fingerprint density at radius 3 is 2.52 bits per heavy atom. The fourth-order valence-corrected chi connectivity index (χ4v) is 2.91. The number of likely N-dealkylation sites (tertiary alicyclic amines) is 1. The van der Waals surface area contributed by atoms with Gasteiger partial charge in [-0.3, -0.25) is 9.59 Å². The second-order valence-corrected chi connectivity index (χ2v) is 6.30. The molecule has 2 aliphatic heterocycles. The summed E-state index contributed by atoms with van der Waals surface area (Å²) in [6.45, 7) is 5.61. The first-order chi connectivity index (χ1) is 11.1. The summed E-state index contributed by atoms with van der Waals surface area (Å²) in [6.07, 6.45) is 2.07. The molecular formula is C17H22N2O4. The van der Waals surface area contributed by atoms with Crippen molar-refractivity contribution in [3.05, 3.63) is 23.8 Å². The molecular weight excluding hydrogens is 296 g/mol. The summed E-state index contributed by atoms with van der Waals surface area (Å²) in [6, 6.07) is 4.53. The van der Waals surface area contributed by atoms with Crippen molar-refractivity contribution in [2.75, 3.05) is 19.9 Å². The third-order valence-electron chi connectivity index (χ3n) is 4.27. The lowest BCUT2D eigenvalue weighted by atomic mass is 10.0. The number of hydrogen-bond acceptors (Lipinski definition) is 4. The van der Waals surface area contributed by atoms with Gasteiger partial charge < -0.3 is 19.7 Å². The van der Waals surface area contributed by atoms with Gasteiger partial charge in [-0.25, -0.2) is 0 Å². The summed E-state index contributed by atoms with van der Waals surface area (Å²) < 4.78 is 10.5. The van der Waals surface area contributed by atoms with Crippen LogP contribution in [-0.4, -0.2) is 42.6 Å². The van der Waals surface area contributed by atoms with Crippen molar-refractivity contribution in [3.63, 3.8) is 0 Å². The smallest absolute Gasteiger partial charge is 0.252 e. The number of nitrogens with zero attached hydrogens (tertiary/aromatic N) is 1. The zero-order valence-corrected chi connectivity index (χ0v) is 13.5. The molecule has 0 aromatic heterocycles. The zero-order chi connectivity index (χ0) is 16.4. The first kappa shape index (κ1) is 15.6. The van der Waals surface area contributed by atoms with Crippen molar-refractivity contribution >= 4 is 11.8 Å². The summed E-state index contributed by atoms with van der Waals surface area (Å²) in [5, 5.41) is 2.87. The number of rotatable bonds is 4. The van der Waals surface area contributed by atoms with Crippen molar-refractivity contribution in [2.24, 2.45) is 5.92 Å². The van der Waals surface area contributed by atoms with Gasteiger partial charge in [-0.2, -0.15) is 0 Å². The summed E-state index contributed by atoms with van der Waals surface area (Å²) in [4.78, 5) is 26.9. The molecule has 0 saturated carbocycles. The van der Waals surface area contributed by atoms with Crippen LogP contribution in [0.15, 0.2) is 18.2 Å². The lowest BCUT2D eigenvalue weighted by Gasteiger charge is -2.26. The predicted molar refractivity (Wildman–Crippen MR) is 84.5 cm³/mol. The van der Waals surface area contributed by atoms with Crippen LogP contribution in [0, 0.1) is 5.92 Å². The normalized spacial score (nSPS) is 17.4. The molecule has 0 radical (unpaired) electrons. The van der Waals surface area contributed by atoms with Gasteiger partial charge in [0.25, 0.3) is 5.91 Å². The highest BCUT2D eigenvalue weighted by atomic mass is 16.7. The van der Waals surface area contributed by atoms with Crippen molar-refractivity contribution in [3.8, 4) is 11.5 Å².